The van der Waals surface area contributed by atoms with Crippen LogP contribution in [0.15, 0.2) is 45.7 Å². The molecule has 1 aromatic heterocycles. The van der Waals surface area contributed by atoms with Crippen LogP contribution in [0.5, 0.6) is 0 Å². The van der Waals surface area contributed by atoms with Gasteiger partial charge in [0.25, 0.3) is 4.84 Å². The van der Waals surface area contributed by atoms with E-state index >= 15 is 0 Å². The number of nitrogens with one attached hydrogen (secondary N) is 2. The Morgan fingerprint density at radius 2 is 1.96 bits per heavy atom. The highest BCUT2D eigenvalue weighted by Gasteiger charge is 2.21. The number of halogens is 2. The average Bonchev–Trinajstić information content (AvgIpc) is 2.96. The van der Waals surface area contributed by atoms with Crippen LogP contribution in [0.2, 0.25) is 0 Å². The number of primary sulfonamides is 1. The highest BCUT2D eigenvalue weighted by molar-refractivity contribution is 14.1. The fraction of sp³-hybridized carbons (Fsp3) is 0. The van der Waals surface area contributed by atoms with E-state index < -0.39 is 20.7 Å². The zero-order chi connectivity index (χ0) is 18.2. The lowest BCUT2D eigenvalue weighted by Gasteiger charge is -2.12. The number of aromatic nitrogens is 2. The van der Waals surface area contributed by atoms with Crippen LogP contribution in [-0.2, 0) is 10.0 Å². The zero-order valence-electron chi connectivity index (χ0n) is 12.3. The van der Waals surface area contributed by atoms with Gasteiger partial charge >= 0.3 is 0 Å². The van der Waals surface area contributed by atoms with Crippen LogP contribution in [0.3, 0.4) is 0 Å². The number of benzene rings is 2. The summed E-state index contributed by atoms with van der Waals surface area (Å²) in [6.45, 7) is 0. The van der Waals surface area contributed by atoms with Gasteiger partial charge in [-0.3, -0.25) is 0 Å². The maximum Gasteiger partial charge on any atom is 0.284 e. The predicted molar refractivity (Wildman–Crippen MR) is 101 cm³/mol. The minimum atomic E-state index is -4.24. The summed E-state index contributed by atoms with van der Waals surface area (Å²) < 4.78 is 43.6. The molecule has 0 amide bonds. The maximum absolute atomic E-state index is 14.2. The van der Waals surface area contributed by atoms with E-state index in [4.69, 9.17) is 21.8 Å². The van der Waals surface area contributed by atoms with Crippen molar-refractivity contribution in [2.45, 2.75) is 4.90 Å². The van der Waals surface area contributed by atoms with E-state index in [0.29, 0.717) is 5.69 Å². The van der Waals surface area contributed by atoms with Gasteiger partial charge in [0.15, 0.2) is 0 Å². The number of H-pyrrole nitrogens is 1. The third kappa shape index (κ3) is 4.05. The molecule has 1 heterocycles. The lowest BCUT2D eigenvalue weighted by molar-refractivity contribution is 0.548. The largest absolute Gasteiger partial charge is 0.409 e. The molecule has 0 saturated carbocycles. The molecular weight excluding hydrogens is 482 g/mol. The lowest BCUT2D eigenvalue weighted by atomic mass is 10.1. The molecular formula is C14H10FIN4O3S2. The Bertz CT molecular complexity index is 1090. The molecule has 0 aliphatic carbocycles. The first-order chi connectivity index (χ1) is 11.7. The van der Waals surface area contributed by atoms with E-state index in [1.165, 1.54) is 0 Å². The summed E-state index contributed by atoms with van der Waals surface area (Å²) in [7, 11) is -4.24. The van der Waals surface area contributed by atoms with Gasteiger partial charge in [-0.2, -0.15) is 0 Å². The Morgan fingerprint density at radius 1 is 1.28 bits per heavy atom. The minimum absolute atomic E-state index is 0.00569. The molecule has 4 N–H and O–H groups in total. The van der Waals surface area contributed by atoms with Crippen molar-refractivity contribution in [2.24, 2.45) is 5.14 Å². The number of hydrogen-bond acceptors (Lipinski definition) is 6. The second-order valence-corrected chi connectivity index (χ2v) is 8.07. The van der Waals surface area contributed by atoms with Gasteiger partial charge < -0.3 is 9.73 Å². The van der Waals surface area contributed by atoms with Crippen molar-refractivity contribution in [1.29, 1.82) is 0 Å². The van der Waals surface area contributed by atoms with E-state index in [9.17, 15) is 12.8 Å². The molecule has 0 bridgehead atoms. The molecule has 0 aliphatic heterocycles. The maximum atomic E-state index is 14.2. The summed E-state index contributed by atoms with van der Waals surface area (Å²) >= 11 is 6.97. The van der Waals surface area contributed by atoms with E-state index in [2.05, 4.69) is 38.1 Å². The standard InChI is InChI=1S/C14H10FIN4O3S2/c15-10-5-9(13-19-20-14(24)23-13)11(6-12(10)25(17,21)22)18-8-3-1-7(16)2-4-8/h1-6,18H,(H,20,24)(H2,17,21,22). The summed E-state index contributed by atoms with van der Waals surface area (Å²) in [6, 6.07) is 9.34. The summed E-state index contributed by atoms with van der Waals surface area (Å²) in [6.07, 6.45) is 0. The topological polar surface area (TPSA) is 114 Å². The van der Waals surface area contributed by atoms with Crippen molar-refractivity contribution in [3.63, 3.8) is 0 Å². The summed E-state index contributed by atoms with van der Waals surface area (Å²) in [4.78, 5) is -0.635. The van der Waals surface area contributed by atoms with Crippen LogP contribution >= 0.6 is 34.8 Å². The zero-order valence-corrected chi connectivity index (χ0v) is 16.1. The molecule has 25 heavy (non-hydrogen) atoms. The minimum Gasteiger partial charge on any atom is -0.409 e. The van der Waals surface area contributed by atoms with Crippen LogP contribution in [0.1, 0.15) is 0 Å². The first kappa shape index (κ1) is 18.0. The third-order valence-electron chi connectivity index (χ3n) is 3.17. The van der Waals surface area contributed by atoms with E-state index in [1.807, 2.05) is 12.1 Å². The van der Waals surface area contributed by atoms with Crippen molar-refractivity contribution < 1.29 is 17.2 Å². The number of nitrogens with zero attached hydrogens (tertiary/aromatic N) is 1. The Hall–Kier alpha value is -1.83. The molecule has 0 saturated heterocycles. The quantitative estimate of drug-likeness (QED) is 0.380. The highest BCUT2D eigenvalue weighted by Crippen LogP contribution is 2.33. The van der Waals surface area contributed by atoms with E-state index in [1.54, 1.807) is 12.1 Å². The summed E-state index contributed by atoms with van der Waals surface area (Å²) in [5.41, 5.74) is 1.09. The van der Waals surface area contributed by atoms with Crippen molar-refractivity contribution in [3.05, 3.63) is 50.6 Å². The van der Waals surface area contributed by atoms with E-state index in [-0.39, 0.29) is 22.0 Å². The molecule has 0 aliphatic rings. The van der Waals surface area contributed by atoms with E-state index in [0.717, 1.165) is 15.7 Å². The van der Waals surface area contributed by atoms with Crippen LogP contribution in [-0.4, -0.2) is 18.6 Å². The summed E-state index contributed by atoms with van der Waals surface area (Å²) in [5, 5.41) is 14.4. The van der Waals surface area contributed by atoms with Gasteiger partial charge in [-0.1, -0.05) is 0 Å². The first-order valence-corrected chi connectivity index (χ1v) is 9.72. The van der Waals surface area contributed by atoms with Gasteiger partial charge in [0, 0.05) is 9.26 Å². The molecule has 0 unspecified atom stereocenters. The van der Waals surface area contributed by atoms with Gasteiger partial charge in [0.2, 0.25) is 15.9 Å². The molecule has 130 valence electrons. The molecule has 2 aromatic carbocycles. The molecule has 3 aromatic rings. The van der Waals surface area contributed by atoms with Gasteiger partial charge in [-0.25, -0.2) is 23.0 Å². The second kappa shape index (κ2) is 6.82. The highest BCUT2D eigenvalue weighted by atomic mass is 127. The smallest absolute Gasteiger partial charge is 0.284 e. The molecule has 0 spiro atoms. The fourth-order valence-electron chi connectivity index (χ4n) is 2.09. The molecule has 3 rings (SSSR count). The first-order valence-electron chi connectivity index (χ1n) is 6.69. The molecule has 7 nitrogen and oxygen atoms in total. The van der Waals surface area contributed by atoms with Gasteiger partial charge in [0.05, 0.1) is 11.3 Å². The number of sulfonamides is 1. The Labute approximate surface area is 160 Å². The lowest BCUT2D eigenvalue weighted by Crippen LogP contribution is -2.14. The Kier molecular flexibility index (Phi) is 4.90. The van der Waals surface area contributed by atoms with Crippen LogP contribution in [0.4, 0.5) is 15.8 Å². The van der Waals surface area contributed by atoms with Crippen molar-refractivity contribution in [1.82, 2.24) is 10.2 Å². The Balaban J connectivity index is 2.18. The monoisotopic (exact) mass is 492 g/mol. The van der Waals surface area contributed by atoms with Gasteiger partial charge in [0.1, 0.15) is 10.7 Å². The van der Waals surface area contributed by atoms with Crippen LogP contribution < -0.4 is 10.5 Å². The second-order valence-electron chi connectivity index (χ2n) is 4.92. The predicted octanol–water partition coefficient (Wildman–Crippen LogP) is 3.53. The third-order valence-corrected chi connectivity index (χ3v) is 4.99. The number of anilines is 2. The number of aromatic amines is 1. The molecule has 0 fully saturated rings. The van der Waals surface area contributed by atoms with Gasteiger partial charge in [-0.15, -0.1) is 5.10 Å². The van der Waals surface area contributed by atoms with Crippen LogP contribution in [0.25, 0.3) is 11.5 Å². The van der Waals surface area contributed by atoms with Gasteiger partial charge in [-0.05, 0) is 71.2 Å². The number of hydrogen-bond donors (Lipinski definition) is 3. The number of rotatable bonds is 4. The number of nitrogens with two attached hydrogens (primary N) is 1. The molecule has 0 atom stereocenters. The molecule has 11 heteroatoms. The summed E-state index contributed by atoms with van der Waals surface area (Å²) in [5.74, 6) is -1.01. The SMILES string of the molecule is NS(=O)(=O)c1cc(Nc2ccc(I)cc2)c(-c2n[nH]c(=S)o2)cc1F. The van der Waals surface area contributed by atoms with Crippen molar-refractivity contribution >= 4 is 56.2 Å². The fourth-order valence-corrected chi connectivity index (χ4v) is 3.18. The van der Waals surface area contributed by atoms with Crippen molar-refractivity contribution in [2.75, 3.05) is 5.32 Å². The normalized spacial score (nSPS) is 11.5. The average molecular weight is 492 g/mol. The molecule has 0 radical (unpaired) electrons. The van der Waals surface area contributed by atoms with Crippen molar-refractivity contribution in [3.8, 4) is 11.5 Å². The van der Waals surface area contributed by atoms with Crippen LogP contribution in [0, 0.1) is 14.2 Å². The Morgan fingerprint density at radius 3 is 2.52 bits per heavy atom.